The molecule has 0 saturated carbocycles. The van der Waals surface area contributed by atoms with E-state index in [2.05, 4.69) is 18.7 Å². The van der Waals surface area contributed by atoms with Gasteiger partial charge in [-0.2, -0.15) is 0 Å². The van der Waals surface area contributed by atoms with E-state index in [9.17, 15) is 0 Å². The number of aliphatic hydroxyl groups is 1. The van der Waals surface area contributed by atoms with Crippen LogP contribution in [0.4, 0.5) is 0 Å². The summed E-state index contributed by atoms with van der Waals surface area (Å²) in [5, 5.41) is 8.77. The van der Waals surface area contributed by atoms with Gasteiger partial charge < -0.3 is 15.7 Å². The van der Waals surface area contributed by atoms with E-state index in [0.717, 1.165) is 32.5 Å². The van der Waals surface area contributed by atoms with Gasteiger partial charge in [0.2, 0.25) is 0 Å². The van der Waals surface area contributed by atoms with E-state index >= 15 is 0 Å². The average molecular weight is 174 g/mol. The minimum Gasteiger partial charge on any atom is -0.395 e. The lowest BCUT2D eigenvalue weighted by Gasteiger charge is -2.23. The lowest BCUT2D eigenvalue weighted by molar-refractivity contribution is 0.201. The lowest BCUT2D eigenvalue weighted by Crippen LogP contribution is -2.40. The van der Waals surface area contributed by atoms with Crippen molar-refractivity contribution in [3.63, 3.8) is 0 Å². The van der Waals surface area contributed by atoms with Crippen molar-refractivity contribution in [2.75, 3.05) is 26.2 Å². The fourth-order valence-electron chi connectivity index (χ4n) is 1.32. The number of nitrogens with two attached hydrogens (primary N) is 1. The number of hydrogen-bond donors (Lipinski definition) is 2. The molecule has 0 aliphatic rings. The molecule has 3 nitrogen and oxygen atoms in total. The molecule has 0 aliphatic carbocycles. The van der Waals surface area contributed by atoms with E-state index in [1.165, 1.54) is 0 Å². The van der Waals surface area contributed by atoms with Crippen LogP contribution < -0.4 is 5.73 Å². The second kappa shape index (κ2) is 7.53. The van der Waals surface area contributed by atoms with Crippen LogP contribution >= 0.6 is 0 Å². The monoisotopic (exact) mass is 174 g/mol. The summed E-state index contributed by atoms with van der Waals surface area (Å²) in [5.74, 6) is 0. The van der Waals surface area contributed by atoms with E-state index in [1.54, 1.807) is 0 Å². The molecule has 0 aliphatic heterocycles. The largest absolute Gasteiger partial charge is 0.395 e. The van der Waals surface area contributed by atoms with Crippen molar-refractivity contribution in [2.45, 2.75) is 32.7 Å². The van der Waals surface area contributed by atoms with Crippen molar-refractivity contribution in [3.05, 3.63) is 0 Å². The quantitative estimate of drug-likeness (QED) is 0.588. The van der Waals surface area contributed by atoms with Crippen molar-refractivity contribution < 1.29 is 5.11 Å². The summed E-state index contributed by atoms with van der Waals surface area (Å²) in [4.78, 5) is 2.31. The van der Waals surface area contributed by atoms with Crippen LogP contribution in [0.3, 0.4) is 0 Å². The second-order valence-corrected chi connectivity index (χ2v) is 3.24. The summed E-state index contributed by atoms with van der Waals surface area (Å²) >= 11 is 0. The Morgan fingerprint density at radius 2 is 1.75 bits per heavy atom. The molecule has 0 aromatic rings. The standard InChI is InChI=1S/C9H22N2O/c1-3-5-11(6-4-2)7-9(10)8-12/h9,12H,3-8,10H2,1-2H3. The molecular weight excluding hydrogens is 152 g/mol. The van der Waals surface area contributed by atoms with Gasteiger partial charge in [-0.25, -0.2) is 0 Å². The van der Waals surface area contributed by atoms with Gasteiger partial charge in [0.05, 0.1) is 6.61 Å². The zero-order chi connectivity index (χ0) is 9.40. The molecule has 0 aromatic carbocycles. The first-order valence-corrected chi connectivity index (χ1v) is 4.83. The molecule has 0 fully saturated rings. The zero-order valence-electron chi connectivity index (χ0n) is 8.29. The number of rotatable bonds is 7. The van der Waals surface area contributed by atoms with E-state index in [-0.39, 0.29) is 12.6 Å². The van der Waals surface area contributed by atoms with Crippen LogP contribution in [-0.2, 0) is 0 Å². The summed E-state index contributed by atoms with van der Waals surface area (Å²) in [6.07, 6.45) is 2.30. The number of nitrogens with zero attached hydrogens (tertiary/aromatic N) is 1. The molecule has 0 heterocycles. The molecule has 0 rings (SSSR count). The summed E-state index contributed by atoms with van der Waals surface area (Å²) in [6.45, 7) is 7.39. The third-order valence-electron chi connectivity index (χ3n) is 1.81. The van der Waals surface area contributed by atoms with Crippen LogP contribution in [0.1, 0.15) is 26.7 Å². The summed E-state index contributed by atoms with van der Waals surface area (Å²) in [5.41, 5.74) is 5.64. The van der Waals surface area contributed by atoms with Gasteiger partial charge in [-0.3, -0.25) is 0 Å². The van der Waals surface area contributed by atoms with Gasteiger partial charge in [-0.05, 0) is 25.9 Å². The molecule has 1 unspecified atom stereocenters. The van der Waals surface area contributed by atoms with Crippen LogP contribution in [0.25, 0.3) is 0 Å². The first-order chi connectivity index (χ1) is 5.74. The molecule has 0 aromatic heterocycles. The van der Waals surface area contributed by atoms with Crippen molar-refractivity contribution >= 4 is 0 Å². The molecule has 3 N–H and O–H groups in total. The Morgan fingerprint density at radius 1 is 1.25 bits per heavy atom. The average Bonchev–Trinajstić information content (AvgIpc) is 2.05. The molecule has 0 amide bonds. The second-order valence-electron chi connectivity index (χ2n) is 3.24. The Bertz CT molecular complexity index is 92.5. The maximum Gasteiger partial charge on any atom is 0.0595 e. The fourth-order valence-corrected chi connectivity index (χ4v) is 1.32. The van der Waals surface area contributed by atoms with Crippen LogP contribution in [0, 0.1) is 0 Å². The van der Waals surface area contributed by atoms with Gasteiger partial charge in [0.1, 0.15) is 0 Å². The Kier molecular flexibility index (Phi) is 7.45. The maximum absolute atomic E-state index is 8.77. The highest BCUT2D eigenvalue weighted by molar-refractivity contribution is 4.66. The molecule has 0 bridgehead atoms. The number of hydrogen-bond acceptors (Lipinski definition) is 3. The van der Waals surface area contributed by atoms with Crippen LogP contribution in [0.2, 0.25) is 0 Å². The van der Waals surface area contributed by atoms with E-state index in [0.29, 0.717) is 0 Å². The third-order valence-corrected chi connectivity index (χ3v) is 1.81. The zero-order valence-corrected chi connectivity index (χ0v) is 8.29. The highest BCUT2D eigenvalue weighted by Crippen LogP contribution is 1.95. The van der Waals surface area contributed by atoms with E-state index in [1.807, 2.05) is 0 Å². The highest BCUT2D eigenvalue weighted by atomic mass is 16.3. The predicted molar refractivity (Wildman–Crippen MR) is 52.1 cm³/mol. The Morgan fingerprint density at radius 3 is 2.08 bits per heavy atom. The van der Waals surface area contributed by atoms with Gasteiger partial charge in [-0.15, -0.1) is 0 Å². The summed E-state index contributed by atoms with van der Waals surface area (Å²) < 4.78 is 0. The molecule has 12 heavy (non-hydrogen) atoms. The molecule has 0 saturated heterocycles. The minimum absolute atomic E-state index is 0.0805. The minimum atomic E-state index is -0.0805. The third kappa shape index (κ3) is 5.52. The summed E-state index contributed by atoms with van der Waals surface area (Å²) in [7, 11) is 0. The highest BCUT2D eigenvalue weighted by Gasteiger charge is 2.07. The van der Waals surface area contributed by atoms with Gasteiger partial charge in [0.25, 0.3) is 0 Å². The van der Waals surface area contributed by atoms with Gasteiger partial charge in [0, 0.05) is 12.6 Å². The Balaban J connectivity index is 3.61. The van der Waals surface area contributed by atoms with Crippen molar-refractivity contribution in [2.24, 2.45) is 5.73 Å². The lowest BCUT2D eigenvalue weighted by atomic mass is 10.2. The molecule has 1 atom stereocenters. The van der Waals surface area contributed by atoms with Crippen molar-refractivity contribution in [3.8, 4) is 0 Å². The smallest absolute Gasteiger partial charge is 0.0595 e. The van der Waals surface area contributed by atoms with Crippen LogP contribution in [0.5, 0.6) is 0 Å². The van der Waals surface area contributed by atoms with Gasteiger partial charge in [0.15, 0.2) is 0 Å². The predicted octanol–water partition coefficient (Wildman–Crippen LogP) is 0.428. The van der Waals surface area contributed by atoms with Gasteiger partial charge in [-0.1, -0.05) is 13.8 Å². The normalized spacial score (nSPS) is 13.8. The molecule has 0 spiro atoms. The SMILES string of the molecule is CCCN(CCC)CC(N)CO. The van der Waals surface area contributed by atoms with Crippen molar-refractivity contribution in [1.82, 2.24) is 4.90 Å². The topological polar surface area (TPSA) is 49.5 Å². The Labute approximate surface area is 75.6 Å². The Hall–Kier alpha value is -0.120. The molecular formula is C9H22N2O. The molecule has 3 heteroatoms. The first kappa shape index (κ1) is 11.9. The van der Waals surface area contributed by atoms with E-state index < -0.39 is 0 Å². The maximum atomic E-state index is 8.77. The number of aliphatic hydroxyl groups excluding tert-OH is 1. The van der Waals surface area contributed by atoms with Crippen LogP contribution in [0.15, 0.2) is 0 Å². The van der Waals surface area contributed by atoms with Gasteiger partial charge >= 0.3 is 0 Å². The molecule has 0 radical (unpaired) electrons. The summed E-state index contributed by atoms with van der Waals surface area (Å²) in [6, 6.07) is -0.0805. The fraction of sp³-hybridized carbons (Fsp3) is 1.00. The first-order valence-electron chi connectivity index (χ1n) is 4.83. The molecule has 74 valence electrons. The van der Waals surface area contributed by atoms with Crippen LogP contribution in [-0.4, -0.2) is 42.3 Å². The van der Waals surface area contributed by atoms with E-state index in [4.69, 9.17) is 10.8 Å². The van der Waals surface area contributed by atoms with Crippen molar-refractivity contribution in [1.29, 1.82) is 0 Å².